The van der Waals surface area contributed by atoms with Gasteiger partial charge in [-0.25, -0.2) is 4.39 Å². The predicted octanol–water partition coefficient (Wildman–Crippen LogP) is 3.73. The second kappa shape index (κ2) is 7.79. The Balaban J connectivity index is 1.81. The number of benzene rings is 2. The maximum atomic E-state index is 13.5. The molecule has 5 nitrogen and oxygen atoms in total. The van der Waals surface area contributed by atoms with Crippen LogP contribution in [0.5, 0.6) is 0 Å². The van der Waals surface area contributed by atoms with Gasteiger partial charge in [-0.05, 0) is 37.5 Å². The molecule has 2 aliphatic heterocycles. The molecule has 2 fully saturated rings. The number of carbonyl (C=O) groups excluding carboxylic acids is 2. The van der Waals surface area contributed by atoms with Gasteiger partial charge in [0.05, 0.1) is 17.7 Å². The van der Waals surface area contributed by atoms with E-state index < -0.39 is 23.5 Å². The number of ketones is 1. The minimum Gasteiger partial charge on any atom is -0.507 e. The molecule has 2 atom stereocenters. The molecule has 0 aromatic heterocycles. The van der Waals surface area contributed by atoms with E-state index in [9.17, 15) is 19.1 Å². The van der Waals surface area contributed by atoms with Gasteiger partial charge in [0.25, 0.3) is 11.7 Å². The molecule has 2 saturated heterocycles. The van der Waals surface area contributed by atoms with Crippen molar-refractivity contribution in [3.05, 3.63) is 76.6 Å². The highest BCUT2D eigenvalue weighted by Crippen LogP contribution is 2.40. The summed E-state index contributed by atoms with van der Waals surface area (Å²) in [5, 5.41) is 10.9. The molecular formula is C23H22FNO4. The van der Waals surface area contributed by atoms with E-state index in [2.05, 4.69) is 0 Å². The topological polar surface area (TPSA) is 66.8 Å². The summed E-state index contributed by atoms with van der Waals surface area (Å²) in [5.74, 6) is -2.06. The second-order valence-electron chi connectivity index (χ2n) is 7.50. The van der Waals surface area contributed by atoms with Gasteiger partial charge in [-0.3, -0.25) is 9.59 Å². The Morgan fingerprint density at radius 3 is 2.45 bits per heavy atom. The van der Waals surface area contributed by atoms with E-state index in [4.69, 9.17) is 4.74 Å². The average molecular weight is 395 g/mol. The Bertz CT molecular complexity index is 959. The van der Waals surface area contributed by atoms with E-state index in [-0.39, 0.29) is 24.0 Å². The van der Waals surface area contributed by atoms with Gasteiger partial charge in [0.2, 0.25) is 0 Å². The molecule has 2 aromatic carbocycles. The van der Waals surface area contributed by atoms with Crippen LogP contribution in [0.2, 0.25) is 0 Å². The van der Waals surface area contributed by atoms with Gasteiger partial charge >= 0.3 is 0 Å². The van der Waals surface area contributed by atoms with Crippen LogP contribution in [0.1, 0.15) is 35.6 Å². The van der Waals surface area contributed by atoms with E-state index in [1.807, 2.05) is 19.1 Å². The van der Waals surface area contributed by atoms with Crippen molar-refractivity contribution in [1.29, 1.82) is 0 Å². The molecule has 1 N–H and O–H groups in total. The van der Waals surface area contributed by atoms with E-state index in [0.717, 1.165) is 18.4 Å². The number of carbonyl (C=O) groups is 2. The summed E-state index contributed by atoms with van der Waals surface area (Å²) in [4.78, 5) is 27.2. The number of amides is 1. The Morgan fingerprint density at radius 1 is 1.14 bits per heavy atom. The molecule has 6 heteroatoms. The summed E-state index contributed by atoms with van der Waals surface area (Å²) < 4.78 is 19.1. The molecule has 0 saturated carbocycles. The van der Waals surface area contributed by atoms with E-state index in [0.29, 0.717) is 17.7 Å². The van der Waals surface area contributed by atoms with Gasteiger partial charge in [0.1, 0.15) is 11.6 Å². The third-order valence-electron chi connectivity index (χ3n) is 5.48. The normalized spacial score (nSPS) is 23.7. The summed E-state index contributed by atoms with van der Waals surface area (Å²) in [6.07, 6.45) is 1.55. The maximum absolute atomic E-state index is 13.5. The van der Waals surface area contributed by atoms with Crippen molar-refractivity contribution in [2.75, 3.05) is 13.2 Å². The molecule has 150 valence electrons. The largest absolute Gasteiger partial charge is 0.507 e. The van der Waals surface area contributed by atoms with Crippen molar-refractivity contribution in [3.63, 3.8) is 0 Å². The summed E-state index contributed by atoms with van der Waals surface area (Å²) in [7, 11) is 0. The number of hydrogen-bond acceptors (Lipinski definition) is 4. The van der Waals surface area contributed by atoms with Gasteiger partial charge in [-0.15, -0.1) is 0 Å². The molecule has 4 rings (SSSR count). The molecule has 1 amide bonds. The lowest BCUT2D eigenvalue weighted by Crippen LogP contribution is -2.36. The number of Topliss-reactive ketones (excluding diaryl/α,β-unsaturated/α-hetero) is 1. The fourth-order valence-corrected chi connectivity index (χ4v) is 3.93. The molecule has 2 aromatic rings. The van der Waals surface area contributed by atoms with E-state index >= 15 is 0 Å². The lowest BCUT2D eigenvalue weighted by atomic mass is 9.95. The van der Waals surface area contributed by atoms with Crippen LogP contribution in [0.4, 0.5) is 4.39 Å². The summed E-state index contributed by atoms with van der Waals surface area (Å²) in [5.41, 5.74) is 2.05. The molecule has 0 bridgehead atoms. The molecule has 2 aliphatic rings. The van der Waals surface area contributed by atoms with Crippen LogP contribution in [-0.4, -0.2) is 41.0 Å². The number of halogens is 1. The lowest BCUT2D eigenvalue weighted by molar-refractivity contribution is -0.140. The summed E-state index contributed by atoms with van der Waals surface area (Å²) in [6.45, 7) is 2.79. The predicted molar refractivity (Wildman–Crippen MR) is 106 cm³/mol. The molecule has 2 heterocycles. The van der Waals surface area contributed by atoms with E-state index in [1.54, 1.807) is 12.1 Å². The molecule has 0 aliphatic carbocycles. The van der Waals surface area contributed by atoms with Crippen molar-refractivity contribution in [3.8, 4) is 0 Å². The monoisotopic (exact) mass is 395 g/mol. The Kier molecular flexibility index (Phi) is 5.20. The van der Waals surface area contributed by atoms with Crippen molar-refractivity contribution in [2.45, 2.75) is 31.9 Å². The molecule has 0 spiro atoms. The number of aliphatic hydroxyl groups excluding tert-OH is 1. The third kappa shape index (κ3) is 3.68. The minimum atomic E-state index is -0.791. The van der Waals surface area contributed by atoms with Crippen LogP contribution < -0.4 is 0 Å². The van der Waals surface area contributed by atoms with Gasteiger partial charge in [-0.2, -0.15) is 0 Å². The number of ether oxygens (including phenoxy) is 1. The van der Waals surface area contributed by atoms with E-state index in [1.165, 1.54) is 29.2 Å². The highest BCUT2D eigenvalue weighted by Gasteiger charge is 2.47. The molecule has 29 heavy (non-hydrogen) atoms. The SMILES string of the molecule is Cc1ccc(/C(O)=C2/C(=O)C(=O)N(CC3CCCO3)C2c2ccc(F)cc2)cc1. The number of hydrogen-bond donors (Lipinski definition) is 1. The molecule has 0 radical (unpaired) electrons. The molecular weight excluding hydrogens is 373 g/mol. The zero-order valence-corrected chi connectivity index (χ0v) is 16.1. The first-order valence-electron chi connectivity index (χ1n) is 9.68. The zero-order valence-electron chi connectivity index (χ0n) is 16.1. The second-order valence-corrected chi connectivity index (χ2v) is 7.50. The average Bonchev–Trinajstić information content (AvgIpc) is 3.31. The first-order chi connectivity index (χ1) is 14.0. The Hall–Kier alpha value is -2.99. The van der Waals surface area contributed by atoms with Crippen LogP contribution in [-0.2, 0) is 14.3 Å². The fourth-order valence-electron chi connectivity index (χ4n) is 3.93. The van der Waals surface area contributed by atoms with Crippen LogP contribution in [0.3, 0.4) is 0 Å². The van der Waals surface area contributed by atoms with Gasteiger partial charge in [0.15, 0.2) is 0 Å². The third-order valence-corrected chi connectivity index (χ3v) is 5.48. The molecule has 2 unspecified atom stereocenters. The van der Waals surface area contributed by atoms with Crippen LogP contribution >= 0.6 is 0 Å². The number of aliphatic hydroxyl groups is 1. The minimum absolute atomic E-state index is 0.0171. The van der Waals surface area contributed by atoms with Crippen LogP contribution in [0.15, 0.2) is 54.1 Å². The summed E-state index contributed by atoms with van der Waals surface area (Å²) >= 11 is 0. The van der Waals surface area contributed by atoms with Crippen molar-refractivity contribution in [1.82, 2.24) is 4.90 Å². The number of nitrogens with zero attached hydrogens (tertiary/aromatic N) is 1. The summed E-state index contributed by atoms with van der Waals surface area (Å²) in [6, 6.07) is 11.9. The Labute approximate surface area is 168 Å². The standard InChI is InChI=1S/C23H22FNO4/c1-14-4-6-16(7-5-14)21(26)19-20(15-8-10-17(24)11-9-15)25(23(28)22(19)27)13-18-3-2-12-29-18/h4-11,18,20,26H,2-3,12-13H2,1H3/b21-19-. The van der Waals surface area contributed by atoms with Gasteiger partial charge in [-0.1, -0.05) is 42.0 Å². The first-order valence-corrected chi connectivity index (χ1v) is 9.68. The van der Waals surface area contributed by atoms with Crippen molar-refractivity contribution < 1.29 is 23.8 Å². The maximum Gasteiger partial charge on any atom is 0.295 e. The quantitative estimate of drug-likeness (QED) is 0.487. The Morgan fingerprint density at radius 2 is 1.83 bits per heavy atom. The fraction of sp³-hybridized carbons (Fsp3) is 0.304. The van der Waals surface area contributed by atoms with Crippen molar-refractivity contribution >= 4 is 17.4 Å². The van der Waals surface area contributed by atoms with Gasteiger partial charge in [0, 0.05) is 18.7 Å². The zero-order chi connectivity index (χ0) is 20.5. The number of likely N-dealkylation sites (tertiary alicyclic amines) is 1. The van der Waals surface area contributed by atoms with Crippen LogP contribution in [0, 0.1) is 12.7 Å². The smallest absolute Gasteiger partial charge is 0.295 e. The highest BCUT2D eigenvalue weighted by molar-refractivity contribution is 6.46. The highest BCUT2D eigenvalue weighted by atomic mass is 19.1. The number of aryl methyl sites for hydroxylation is 1. The lowest BCUT2D eigenvalue weighted by Gasteiger charge is -2.27. The van der Waals surface area contributed by atoms with Crippen molar-refractivity contribution in [2.24, 2.45) is 0 Å². The van der Waals surface area contributed by atoms with Gasteiger partial charge < -0.3 is 14.7 Å². The first kappa shape index (κ1) is 19.3. The number of rotatable bonds is 4. The van der Waals surface area contributed by atoms with Crippen LogP contribution in [0.25, 0.3) is 5.76 Å².